The summed E-state index contributed by atoms with van der Waals surface area (Å²) in [5, 5.41) is 27.7. The zero-order valence-electron chi connectivity index (χ0n) is 9.54. The van der Waals surface area contributed by atoms with Gasteiger partial charge in [-0.05, 0) is 6.92 Å². The number of nitrogens with two attached hydrogens (primary N) is 1. The lowest BCUT2D eigenvalue weighted by atomic mass is 10.2. The summed E-state index contributed by atoms with van der Waals surface area (Å²) in [5.74, 6) is -2.95. The van der Waals surface area contributed by atoms with Gasteiger partial charge >= 0.3 is 13.6 Å². The Labute approximate surface area is 103 Å². The van der Waals surface area contributed by atoms with Crippen molar-refractivity contribution in [3.05, 3.63) is 0 Å². The fourth-order valence-electron chi connectivity index (χ4n) is 1.41. The minimum absolute atomic E-state index is 0.657. The van der Waals surface area contributed by atoms with Gasteiger partial charge in [-0.2, -0.15) is 0 Å². The number of hydrogen-bond donors (Lipinski definition) is 5. The zero-order chi connectivity index (χ0) is 14.1. The smallest absolute Gasteiger partial charge is 0.394 e. The van der Waals surface area contributed by atoms with Crippen molar-refractivity contribution in [1.29, 1.82) is 0 Å². The summed E-state index contributed by atoms with van der Waals surface area (Å²) in [6.07, 6.45) is -4.52. The molecule has 0 aromatic carbocycles. The second-order valence-corrected chi connectivity index (χ2v) is 5.81. The highest BCUT2D eigenvalue weighted by Crippen LogP contribution is 2.53. The van der Waals surface area contributed by atoms with Crippen LogP contribution in [0.15, 0.2) is 0 Å². The second kappa shape index (κ2) is 5.62. The fourth-order valence-corrected chi connectivity index (χ4v) is 2.81. The van der Waals surface area contributed by atoms with Gasteiger partial charge in [-0.15, -0.1) is 0 Å². The Hall–Kier alpha value is -0.540. The van der Waals surface area contributed by atoms with E-state index in [1.807, 2.05) is 0 Å². The van der Waals surface area contributed by atoms with Crippen molar-refractivity contribution in [3.63, 3.8) is 0 Å². The van der Waals surface area contributed by atoms with E-state index in [1.165, 1.54) is 6.92 Å². The summed E-state index contributed by atoms with van der Waals surface area (Å²) in [4.78, 5) is 20.6. The molecule has 0 radical (unpaired) electrons. The molecular weight excluding hydrogens is 269 g/mol. The van der Waals surface area contributed by atoms with Crippen LogP contribution in [0.3, 0.4) is 0 Å². The van der Waals surface area contributed by atoms with Crippen LogP contribution in [0.25, 0.3) is 0 Å². The summed E-state index contributed by atoms with van der Waals surface area (Å²) < 4.78 is 20.8. The van der Waals surface area contributed by atoms with Crippen LogP contribution in [0.5, 0.6) is 0 Å². The van der Waals surface area contributed by atoms with Crippen molar-refractivity contribution in [2.24, 2.45) is 5.73 Å². The van der Waals surface area contributed by atoms with E-state index in [1.54, 1.807) is 0 Å². The molecule has 1 aliphatic heterocycles. The van der Waals surface area contributed by atoms with Crippen molar-refractivity contribution in [3.8, 4) is 0 Å². The van der Waals surface area contributed by atoms with Gasteiger partial charge in [-0.1, -0.05) is 0 Å². The molecule has 1 heterocycles. The summed E-state index contributed by atoms with van der Waals surface area (Å²) in [7, 11) is -4.67. The predicted octanol–water partition coefficient (Wildman–Crippen LogP) is -2.50. The molecule has 0 spiro atoms. The predicted molar refractivity (Wildman–Crippen MR) is 57.3 cm³/mol. The van der Waals surface area contributed by atoms with Crippen molar-refractivity contribution in [1.82, 2.24) is 0 Å². The van der Waals surface area contributed by atoms with Crippen LogP contribution in [-0.4, -0.2) is 63.0 Å². The molecule has 0 amide bonds. The molecule has 1 fully saturated rings. The van der Waals surface area contributed by atoms with E-state index in [-0.39, 0.29) is 0 Å². The van der Waals surface area contributed by atoms with Crippen LogP contribution in [0.1, 0.15) is 6.92 Å². The van der Waals surface area contributed by atoms with Crippen molar-refractivity contribution >= 4 is 13.6 Å². The van der Waals surface area contributed by atoms with E-state index in [9.17, 15) is 24.5 Å². The highest BCUT2D eigenvalue weighted by Gasteiger charge is 2.53. The third-order valence-corrected chi connectivity index (χ3v) is 3.94. The molecule has 9 nitrogen and oxygen atoms in total. The molecule has 1 saturated heterocycles. The number of hydrogen-bond acceptors (Lipinski definition) is 8. The molecule has 2 unspecified atom stereocenters. The maximum atomic E-state index is 11.7. The largest absolute Gasteiger partial charge is 0.410 e. The van der Waals surface area contributed by atoms with Gasteiger partial charge in [-0.3, -0.25) is 4.79 Å². The Morgan fingerprint density at radius 3 is 2.44 bits per heavy atom. The van der Waals surface area contributed by atoms with Gasteiger partial charge in [0.2, 0.25) is 0 Å². The molecule has 0 aromatic heterocycles. The number of ether oxygens (including phenoxy) is 1. The molecule has 6 atom stereocenters. The van der Waals surface area contributed by atoms with Crippen molar-refractivity contribution in [2.45, 2.75) is 37.1 Å². The van der Waals surface area contributed by atoms with Crippen LogP contribution >= 0.6 is 7.60 Å². The van der Waals surface area contributed by atoms with Gasteiger partial charge in [-0.25, -0.2) is 4.57 Å². The summed E-state index contributed by atoms with van der Waals surface area (Å²) in [6, 6.07) is -1.12. The van der Waals surface area contributed by atoms with Crippen LogP contribution < -0.4 is 5.73 Å². The van der Waals surface area contributed by atoms with Crippen molar-refractivity contribution < 1.29 is 38.8 Å². The molecule has 0 saturated carbocycles. The third-order valence-electron chi connectivity index (χ3n) is 2.43. The first-order chi connectivity index (χ1) is 8.20. The Kier molecular flexibility index (Phi) is 4.84. The van der Waals surface area contributed by atoms with Crippen LogP contribution in [0.4, 0.5) is 0 Å². The van der Waals surface area contributed by atoms with E-state index in [4.69, 9.17) is 15.6 Å². The minimum Gasteiger partial charge on any atom is -0.394 e. The monoisotopic (exact) mass is 285 g/mol. The highest BCUT2D eigenvalue weighted by atomic mass is 31.2. The number of carbonyl (C=O) groups excluding carboxylic acids is 1. The normalized spacial score (nSPS) is 37.0. The van der Waals surface area contributed by atoms with Crippen LogP contribution in [-0.2, 0) is 18.6 Å². The standard InChI is InChI=1S/C8H16NO8P/c1-3(9)7(13)17-18(14,15)8-6(12)5(11)4(2-10)16-8/h3-6,8,10-12H,2,9H2,1H3,(H,14,15)/t3-,4+,5+,6+,8?/m0/s1. The SMILES string of the molecule is C[C@H](N)C(=O)OP(=O)(O)C1O[C@H](CO)[C@@H](O)[C@H]1O. The average Bonchev–Trinajstić information content (AvgIpc) is 2.55. The first-order valence-electron chi connectivity index (χ1n) is 5.14. The molecule has 0 aliphatic carbocycles. The van der Waals surface area contributed by atoms with Crippen molar-refractivity contribution in [2.75, 3.05) is 6.61 Å². The number of aliphatic hydroxyl groups excluding tert-OH is 3. The van der Waals surface area contributed by atoms with E-state index < -0.39 is 50.4 Å². The second-order valence-electron chi connectivity index (χ2n) is 3.99. The minimum atomic E-state index is -4.67. The number of aliphatic hydroxyl groups is 3. The van der Waals surface area contributed by atoms with Gasteiger partial charge in [0.15, 0.2) is 5.85 Å². The third kappa shape index (κ3) is 3.07. The molecule has 6 N–H and O–H groups in total. The zero-order valence-corrected chi connectivity index (χ0v) is 10.4. The lowest BCUT2D eigenvalue weighted by molar-refractivity contribution is -0.136. The number of rotatable bonds is 4. The van der Waals surface area contributed by atoms with Crippen LogP contribution in [0.2, 0.25) is 0 Å². The average molecular weight is 285 g/mol. The lowest BCUT2D eigenvalue weighted by Gasteiger charge is -2.21. The first-order valence-corrected chi connectivity index (χ1v) is 6.79. The first kappa shape index (κ1) is 15.5. The Balaban J connectivity index is 2.80. The molecular formula is C8H16NO8P. The topological polar surface area (TPSA) is 160 Å². The molecule has 106 valence electrons. The number of carbonyl (C=O) groups is 1. The quantitative estimate of drug-likeness (QED) is 0.352. The van der Waals surface area contributed by atoms with Gasteiger partial charge in [0.05, 0.1) is 6.61 Å². The maximum Gasteiger partial charge on any atom is 0.410 e. The fraction of sp³-hybridized carbons (Fsp3) is 0.875. The Morgan fingerprint density at radius 2 is 2.06 bits per heavy atom. The molecule has 0 bridgehead atoms. The van der Waals surface area contributed by atoms with Gasteiger partial charge < -0.3 is 35.2 Å². The molecule has 10 heteroatoms. The van der Waals surface area contributed by atoms with Gasteiger partial charge in [0, 0.05) is 0 Å². The lowest BCUT2D eigenvalue weighted by Crippen LogP contribution is -2.35. The summed E-state index contributed by atoms with van der Waals surface area (Å²) >= 11 is 0. The van der Waals surface area contributed by atoms with E-state index in [2.05, 4.69) is 4.52 Å². The van der Waals surface area contributed by atoms with Gasteiger partial charge in [0.1, 0.15) is 24.4 Å². The van der Waals surface area contributed by atoms with E-state index in [0.717, 1.165) is 0 Å². The highest BCUT2D eigenvalue weighted by molar-refractivity contribution is 7.54. The molecule has 1 aliphatic rings. The Morgan fingerprint density at radius 1 is 1.50 bits per heavy atom. The van der Waals surface area contributed by atoms with Crippen LogP contribution in [0, 0.1) is 0 Å². The summed E-state index contributed by atoms with van der Waals surface area (Å²) in [6.45, 7) is 0.593. The molecule has 18 heavy (non-hydrogen) atoms. The maximum absolute atomic E-state index is 11.7. The van der Waals surface area contributed by atoms with E-state index >= 15 is 0 Å². The molecule has 1 rings (SSSR count). The summed E-state index contributed by atoms with van der Waals surface area (Å²) in [5.41, 5.74) is 5.16. The molecule has 0 aromatic rings. The van der Waals surface area contributed by atoms with E-state index in [0.29, 0.717) is 0 Å². The Bertz CT molecular complexity index is 361. The van der Waals surface area contributed by atoms with Gasteiger partial charge in [0.25, 0.3) is 0 Å².